The number of carbonyl (C=O) groups excluding carboxylic acids is 1. The fourth-order valence-electron chi connectivity index (χ4n) is 3.52. The van der Waals surface area contributed by atoms with Gasteiger partial charge in [0.15, 0.2) is 23.0 Å². The molecule has 4 rings (SSSR count). The van der Waals surface area contributed by atoms with Crippen molar-refractivity contribution in [2.24, 2.45) is 11.7 Å². The Morgan fingerprint density at radius 1 is 1.33 bits per heavy atom. The average Bonchev–Trinajstić information content (AvgIpc) is 3.53. The molecule has 10 nitrogen and oxygen atoms in total. The van der Waals surface area contributed by atoms with E-state index in [9.17, 15) is 23.5 Å². The van der Waals surface area contributed by atoms with E-state index in [0.29, 0.717) is 24.6 Å². The Labute approximate surface area is 187 Å². The number of amides is 1. The van der Waals surface area contributed by atoms with Crippen LogP contribution in [-0.2, 0) is 11.3 Å². The lowest BCUT2D eigenvalue weighted by atomic mass is 10.1. The molecule has 1 unspecified atom stereocenters. The van der Waals surface area contributed by atoms with Gasteiger partial charge in [-0.3, -0.25) is 4.79 Å². The van der Waals surface area contributed by atoms with Crippen molar-refractivity contribution in [3.05, 3.63) is 29.7 Å². The van der Waals surface area contributed by atoms with Crippen LogP contribution in [0.15, 0.2) is 22.6 Å². The molecule has 2 fully saturated rings. The lowest BCUT2D eigenvalue weighted by molar-refractivity contribution is -0.142. The van der Waals surface area contributed by atoms with Crippen LogP contribution < -0.4 is 20.5 Å². The molecule has 1 aliphatic heterocycles. The number of alkyl halides is 2. The standard InChI is InChI=1S/C21H24F2N4O6/c22-21(23)33-14-4-3-12(7-15(14)31-10-11-1-2-11)18-26-17(16(8-24)32-18)19(28)27-6-5-25-9-13(27)20(29)30/h3-4,7,11,13,21,25H,1-2,5-6,8-10,24H2,(H,29,30). The van der Waals surface area contributed by atoms with Crippen LogP contribution >= 0.6 is 0 Å². The summed E-state index contributed by atoms with van der Waals surface area (Å²) in [5, 5.41) is 12.4. The van der Waals surface area contributed by atoms with E-state index in [4.69, 9.17) is 14.9 Å². The molecule has 0 bridgehead atoms. The van der Waals surface area contributed by atoms with Crippen LogP contribution in [-0.4, -0.2) is 65.8 Å². The molecular weight excluding hydrogens is 442 g/mol. The Morgan fingerprint density at radius 2 is 2.12 bits per heavy atom. The minimum atomic E-state index is -3.02. The van der Waals surface area contributed by atoms with Crippen molar-refractivity contribution >= 4 is 11.9 Å². The van der Waals surface area contributed by atoms with Gasteiger partial charge in [0.1, 0.15) is 6.04 Å². The average molecular weight is 466 g/mol. The van der Waals surface area contributed by atoms with Crippen LogP contribution in [0.1, 0.15) is 29.1 Å². The summed E-state index contributed by atoms with van der Waals surface area (Å²) in [5.74, 6) is -1.27. The molecule has 1 saturated heterocycles. The first-order chi connectivity index (χ1) is 15.9. The molecule has 1 atom stereocenters. The Balaban J connectivity index is 1.63. The van der Waals surface area contributed by atoms with Gasteiger partial charge in [-0.25, -0.2) is 9.78 Å². The fourth-order valence-corrected chi connectivity index (χ4v) is 3.52. The number of nitrogens with two attached hydrogens (primary N) is 1. The maximum atomic E-state index is 13.1. The molecule has 2 aliphatic rings. The molecule has 4 N–H and O–H groups in total. The highest BCUT2D eigenvalue weighted by Gasteiger charge is 2.35. The first kappa shape index (κ1) is 22.9. The van der Waals surface area contributed by atoms with E-state index in [2.05, 4.69) is 15.0 Å². The second kappa shape index (κ2) is 9.71. The predicted molar refractivity (Wildman–Crippen MR) is 110 cm³/mol. The van der Waals surface area contributed by atoms with Gasteiger partial charge in [-0.05, 0) is 37.0 Å². The number of carboxylic acid groups (broad SMARTS) is 1. The number of piperazine rings is 1. The molecule has 1 aromatic heterocycles. The summed E-state index contributed by atoms with van der Waals surface area (Å²) >= 11 is 0. The van der Waals surface area contributed by atoms with E-state index in [1.54, 1.807) is 0 Å². The van der Waals surface area contributed by atoms with Crippen LogP contribution in [0.2, 0.25) is 0 Å². The highest BCUT2D eigenvalue weighted by Crippen LogP contribution is 2.36. The Morgan fingerprint density at radius 3 is 2.79 bits per heavy atom. The van der Waals surface area contributed by atoms with Gasteiger partial charge in [0.2, 0.25) is 5.89 Å². The number of rotatable bonds is 9. The molecule has 12 heteroatoms. The lowest BCUT2D eigenvalue weighted by Gasteiger charge is -2.33. The predicted octanol–water partition coefficient (Wildman–Crippen LogP) is 1.69. The Kier molecular flexibility index (Phi) is 6.75. The number of nitrogens with one attached hydrogen (secondary N) is 1. The van der Waals surface area contributed by atoms with Gasteiger partial charge in [0.05, 0.1) is 13.2 Å². The third kappa shape index (κ3) is 5.22. The second-order valence-electron chi connectivity index (χ2n) is 7.85. The highest BCUT2D eigenvalue weighted by molar-refractivity contribution is 5.96. The van der Waals surface area contributed by atoms with Crippen LogP contribution in [0.3, 0.4) is 0 Å². The zero-order valence-electron chi connectivity index (χ0n) is 17.6. The number of benzene rings is 1. The highest BCUT2D eigenvalue weighted by atomic mass is 19.3. The number of ether oxygens (including phenoxy) is 2. The zero-order chi connectivity index (χ0) is 23.5. The van der Waals surface area contributed by atoms with Crippen LogP contribution in [0, 0.1) is 5.92 Å². The van der Waals surface area contributed by atoms with Crippen molar-refractivity contribution in [1.82, 2.24) is 15.2 Å². The summed E-state index contributed by atoms with van der Waals surface area (Å²) < 4.78 is 41.5. The maximum absolute atomic E-state index is 13.1. The number of aliphatic carboxylic acids is 1. The van der Waals surface area contributed by atoms with Gasteiger partial charge in [0, 0.05) is 25.2 Å². The largest absolute Gasteiger partial charge is 0.489 e. The van der Waals surface area contributed by atoms with Crippen molar-refractivity contribution in [3.8, 4) is 23.0 Å². The third-order valence-electron chi connectivity index (χ3n) is 5.45. The van der Waals surface area contributed by atoms with Crippen molar-refractivity contribution in [2.75, 3.05) is 26.2 Å². The summed E-state index contributed by atoms with van der Waals surface area (Å²) in [5.41, 5.74) is 6.02. The van der Waals surface area contributed by atoms with Crippen LogP contribution in [0.4, 0.5) is 8.78 Å². The summed E-state index contributed by atoms with van der Waals surface area (Å²) in [6.45, 7) is -2.07. The Hall–Kier alpha value is -3.25. The first-order valence-corrected chi connectivity index (χ1v) is 10.5. The van der Waals surface area contributed by atoms with Crippen LogP contribution in [0.5, 0.6) is 11.5 Å². The smallest absolute Gasteiger partial charge is 0.387 e. The normalized spacial score (nSPS) is 18.4. The first-order valence-electron chi connectivity index (χ1n) is 10.5. The quantitative estimate of drug-likeness (QED) is 0.503. The Bertz CT molecular complexity index is 1030. The molecule has 0 radical (unpaired) electrons. The molecule has 1 saturated carbocycles. The number of hydrogen-bond donors (Lipinski definition) is 3. The number of hydrogen-bond acceptors (Lipinski definition) is 8. The van der Waals surface area contributed by atoms with E-state index >= 15 is 0 Å². The van der Waals surface area contributed by atoms with Gasteiger partial charge < -0.3 is 34.9 Å². The van der Waals surface area contributed by atoms with Crippen LogP contribution in [0.25, 0.3) is 11.5 Å². The van der Waals surface area contributed by atoms with Crippen molar-refractivity contribution in [3.63, 3.8) is 0 Å². The molecular formula is C21H24F2N4O6. The molecule has 1 amide bonds. The van der Waals surface area contributed by atoms with Crippen molar-refractivity contribution < 1.29 is 37.4 Å². The number of aromatic nitrogens is 1. The van der Waals surface area contributed by atoms with Crippen molar-refractivity contribution in [2.45, 2.75) is 32.0 Å². The van der Waals surface area contributed by atoms with Gasteiger partial charge >= 0.3 is 12.6 Å². The van der Waals surface area contributed by atoms with E-state index in [1.807, 2.05) is 0 Å². The van der Waals surface area contributed by atoms with E-state index in [-0.39, 0.29) is 48.5 Å². The second-order valence-corrected chi connectivity index (χ2v) is 7.85. The minimum absolute atomic E-state index is 0.0284. The number of oxazole rings is 1. The van der Waals surface area contributed by atoms with Gasteiger partial charge in [0.25, 0.3) is 5.91 Å². The number of carboxylic acids is 1. The number of nitrogens with zero attached hydrogens (tertiary/aromatic N) is 2. The maximum Gasteiger partial charge on any atom is 0.387 e. The van der Waals surface area contributed by atoms with E-state index in [0.717, 1.165) is 12.8 Å². The zero-order valence-corrected chi connectivity index (χ0v) is 17.6. The summed E-state index contributed by atoms with van der Waals surface area (Å²) in [6.07, 6.45) is 2.03. The molecule has 0 spiro atoms. The topological polar surface area (TPSA) is 140 Å². The lowest BCUT2D eigenvalue weighted by Crippen LogP contribution is -2.57. The number of carbonyl (C=O) groups is 2. The fraction of sp³-hybridized carbons (Fsp3) is 0.476. The van der Waals surface area contributed by atoms with Gasteiger partial charge in [-0.1, -0.05) is 0 Å². The molecule has 1 aromatic carbocycles. The monoisotopic (exact) mass is 466 g/mol. The summed E-state index contributed by atoms with van der Waals surface area (Å²) in [4.78, 5) is 30.1. The van der Waals surface area contributed by atoms with Gasteiger partial charge in [-0.2, -0.15) is 8.78 Å². The minimum Gasteiger partial charge on any atom is -0.489 e. The summed E-state index contributed by atoms with van der Waals surface area (Å²) in [7, 11) is 0. The molecule has 178 valence electrons. The van der Waals surface area contributed by atoms with Crippen molar-refractivity contribution in [1.29, 1.82) is 0 Å². The molecule has 2 aromatic rings. The third-order valence-corrected chi connectivity index (χ3v) is 5.45. The summed E-state index contributed by atoms with van der Waals surface area (Å²) in [6, 6.07) is 3.16. The van der Waals surface area contributed by atoms with Gasteiger partial charge in [-0.15, -0.1) is 0 Å². The molecule has 2 heterocycles. The van der Waals surface area contributed by atoms with E-state index < -0.39 is 24.5 Å². The van der Waals surface area contributed by atoms with E-state index in [1.165, 1.54) is 23.1 Å². The number of halogens is 2. The molecule has 1 aliphatic carbocycles. The molecule has 33 heavy (non-hydrogen) atoms. The SMILES string of the molecule is NCc1oc(-c2ccc(OC(F)F)c(OCC3CC3)c2)nc1C(=O)N1CCNCC1C(=O)O.